The molecule has 2 rings (SSSR count). The van der Waals surface area contributed by atoms with Crippen LogP contribution in [0, 0.1) is 0 Å². The molecule has 0 amide bonds. The Kier molecular flexibility index (Phi) is 8.68. The molecule has 0 atom stereocenters. The molecular weight excluding hydrogens is 401 g/mol. The Labute approximate surface area is 155 Å². The lowest BCUT2D eigenvalue weighted by molar-refractivity contribution is 0.463. The minimum Gasteiger partial charge on any atom is -0.356 e. The van der Waals surface area contributed by atoms with Crippen molar-refractivity contribution in [3.63, 3.8) is 0 Å². The molecule has 23 heavy (non-hydrogen) atoms. The summed E-state index contributed by atoms with van der Waals surface area (Å²) in [7, 11) is 3.83. The van der Waals surface area contributed by atoms with Crippen molar-refractivity contribution in [1.82, 2.24) is 20.2 Å². The summed E-state index contributed by atoms with van der Waals surface area (Å²) in [5, 5.41) is 3.36. The zero-order valence-corrected chi connectivity index (χ0v) is 16.4. The maximum atomic E-state index is 4.47. The van der Waals surface area contributed by atoms with Gasteiger partial charge in [-0.2, -0.15) is 0 Å². The van der Waals surface area contributed by atoms with Gasteiger partial charge in [0.15, 0.2) is 5.96 Å². The van der Waals surface area contributed by atoms with E-state index >= 15 is 0 Å². The number of aromatic amines is 1. The number of guanidine groups is 1. The van der Waals surface area contributed by atoms with E-state index in [1.54, 1.807) is 0 Å². The predicted octanol–water partition coefficient (Wildman–Crippen LogP) is 3.50. The summed E-state index contributed by atoms with van der Waals surface area (Å²) in [6.07, 6.45) is 4.20. The minimum atomic E-state index is 0. The standard InChI is InChI=1S/C17H25N5.HI/c1-4-5-11-19-17(18-2)22(3)13-16-20-12-15(21-16)14-9-7-6-8-10-14;/h6-10,12H,4-5,11,13H2,1-3H3,(H,18,19)(H,20,21);1H. The fourth-order valence-electron chi connectivity index (χ4n) is 2.27. The van der Waals surface area contributed by atoms with Gasteiger partial charge in [0.1, 0.15) is 5.82 Å². The fourth-order valence-corrected chi connectivity index (χ4v) is 2.27. The molecule has 1 heterocycles. The van der Waals surface area contributed by atoms with Crippen LogP contribution in [0.5, 0.6) is 0 Å². The minimum absolute atomic E-state index is 0. The van der Waals surface area contributed by atoms with Crippen LogP contribution in [0.4, 0.5) is 0 Å². The number of imidazole rings is 1. The summed E-state index contributed by atoms with van der Waals surface area (Å²) in [6.45, 7) is 3.82. The van der Waals surface area contributed by atoms with Crippen LogP contribution in [0.25, 0.3) is 11.3 Å². The van der Waals surface area contributed by atoms with E-state index in [1.807, 2.05) is 38.5 Å². The van der Waals surface area contributed by atoms with Crippen molar-refractivity contribution in [1.29, 1.82) is 0 Å². The maximum Gasteiger partial charge on any atom is 0.193 e. The number of unbranched alkanes of at least 4 members (excludes halogenated alkanes) is 1. The van der Waals surface area contributed by atoms with E-state index in [0.29, 0.717) is 6.54 Å². The molecule has 0 saturated carbocycles. The molecule has 0 bridgehead atoms. The van der Waals surface area contributed by atoms with Gasteiger partial charge >= 0.3 is 0 Å². The quantitative estimate of drug-likeness (QED) is 0.321. The first-order valence-electron chi connectivity index (χ1n) is 7.75. The molecule has 0 fully saturated rings. The van der Waals surface area contributed by atoms with Gasteiger partial charge in [-0.15, -0.1) is 24.0 Å². The van der Waals surface area contributed by atoms with Crippen molar-refractivity contribution >= 4 is 29.9 Å². The monoisotopic (exact) mass is 427 g/mol. The number of aliphatic imine (C=N–C) groups is 1. The molecule has 0 aliphatic carbocycles. The van der Waals surface area contributed by atoms with Crippen LogP contribution in [-0.4, -0.2) is 41.5 Å². The van der Waals surface area contributed by atoms with Gasteiger partial charge in [0.2, 0.25) is 0 Å². The Morgan fingerprint density at radius 3 is 2.70 bits per heavy atom. The van der Waals surface area contributed by atoms with E-state index in [-0.39, 0.29) is 24.0 Å². The Hall–Kier alpha value is -1.57. The lowest BCUT2D eigenvalue weighted by Gasteiger charge is -2.20. The van der Waals surface area contributed by atoms with E-state index in [0.717, 1.165) is 36.0 Å². The molecule has 6 heteroatoms. The summed E-state index contributed by atoms with van der Waals surface area (Å²) in [6, 6.07) is 10.2. The number of halogens is 1. The molecule has 0 unspecified atom stereocenters. The highest BCUT2D eigenvalue weighted by molar-refractivity contribution is 14.0. The average molecular weight is 427 g/mol. The van der Waals surface area contributed by atoms with Gasteiger partial charge in [0.05, 0.1) is 18.4 Å². The number of hydrogen-bond donors (Lipinski definition) is 2. The van der Waals surface area contributed by atoms with E-state index in [2.05, 4.69) is 44.2 Å². The second-order valence-electron chi connectivity index (χ2n) is 5.29. The van der Waals surface area contributed by atoms with Crippen LogP contribution in [0.3, 0.4) is 0 Å². The van der Waals surface area contributed by atoms with Crippen LogP contribution in [0.2, 0.25) is 0 Å². The molecule has 2 N–H and O–H groups in total. The van der Waals surface area contributed by atoms with Crippen molar-refractivity contribution in [2.75, 3.05) is 20.6 Å². The number of hydrogen-bond acceptors (Lipinski definition) is 2. The van der Waals surface area contributed by atoms with Crippen LogP contribution in [0.15, 0.2) is 41.5 Å². The van der Waals surface area contributed by atoms with Crippen molar-refractivity contribution in [3.05, 3.63) is 42.4 Å². The Bertz CT molecular complexity index is 594. The summed E-state index contributed by atoms with van der Waals surface area (Å²) in [5.41, 5.74) is 2.19. The normalized spacial score (nSPS) is 11.0. The first-order valence-corrected chi connectivity index (χ1v) is 7.75. The van der Waals surface area contributed by atoms with Crippen LogP contribution < -0.4 is 5.32 Å². The number of nitrogens with zero attached hydrogens (tertiary/aromatic N) is 3. The van der Waals surface area contributed by atoms with Gasteiger partial charge in [0.25, 0.3) is 0 Å². The highest BCUT2D eigenvalue weighted by Crippen LogP contribution is 2.16. The molecule has 0 aliphatic rings. The van der Waals surface area contributed by atoms with Gasteiger partial charge in [-0.3, -0.25) is 4.99 Å². The van der Waals surface area contributed by atoms with E-state index in [1.165, 1.54) is 6.42 Å². The Morgan fingerprint density at radius 2 is 2.04 bits per heavy atom. The highest BCUT2D eigenvalue weighted by atomic mass is 127. The van der Waals surface area contributed by atoms with E-state index in [4.69, 9.17) is 0 Å². The summed E-state index contributed by atoms with van der Waals surface area (Å²) < 4.78 is 0. The fraction of sp³-hybridized carbons (Fsp3) is 0.412. The third-order valence-corrected chi connectivity index (χ3v) is 3.49. The zero-order valence-electron chi connectivity index (χ0n) is 14.0. The number of rotatable bonds is 6. The Morgan fingerprint density at radius 1 is 1.30 bits per heavy atom. The molecule has 1 aromatic carbocycles. The van der Waals surface area contributed by atoms with Gasteiger partial charge in [-0.1, -0.05) is 43.7 Å². The molecule has 126 valence electrons. The van der Waals surface area contributed by atoms with Gasteiger partial charge < -0.3 is 15.2 Å². The third-order valence-electron chi connectivity index (χ3n) is 3.49. The third kappa shape index (κ3) is 5.85. The molecular formula is C17H26IN5. The van der Waals surface area contributed by atoms with Crippen molar-refractivity contribution in [2.24, 2.45) is 4.99 Å². The lowest BCUT2D eigenvalue weighted by atomic mass is 10.2. The number of H-pyrrole nitrogens is 1. The topological polar surface area (TPSA) is 56.3 Å². The zero-order chi connectivity index (χ0) is 15.8. The largest absolute Gasteiger partial charge is 0.356 e. The van der Waals surface area contributed by atoms with Crippen molar-refractivity contribution in [3.8, 4) is 11.3 Å². The summed E-state index contributed by atoms with van der Waals surface area (Å²) in [4.78, 5) is 14.2. The molecule has 5 nitrogen and oxygen atoms in total. The summed E-state index contributed by atoms with van der Waals surface area (Å²) >= 11 is 0. The van der Waals surface area contributed by atoms with Crippen LogP contribution >= 0.6 is 24.0 Å². The lowest BCUT2D eigenvalue weighted by Crippen LogP contribution is -2.39. The van der Waals surface area contributed by atoms with E-state index in [9.17, 15) is 0 Å². The van der Waals surface area contributed by atoms with E-state index < -0.39 is 0 Å². The molecule has 0 saturated heterocycles. The first kappa shape index (κ1) is 19.5. The van der Waals surface area contributed by atoms with Crippen LogP contribution in [-0.2, 0) is 6.54 Å². The number of nitrogens with one attached hydrogen (secondary N) is 2. The van der Waals surface area contributed by atoms with Crippen molar-refractivity contribution < 1.29 is 0 Å². The Balaban J connectivity index is 0.00000264. The molecule has 0 aliphatic heterocycles. The number of benzene rings is 1. The van der Waals surface area contributed by atoms with Crippen LogP contribution in [0.1, 0.15) is 25.6 Å². The number of aromatic nitrogens is 2. The van der Waals surface area contributed by atoms with Gasteiger partial charge in [-0.05, 0) is 12.0 Å². The predicted molar refractivity (Wildman–Crippen MR) is 107 cm³/mol. The second kappa shape index (κ2) is 10.3. The molecule has 0 radical (unpaired) electrons. The average Bonchev–Trinajstić information content (AvgIpc) is 3.01. The van der Waals surface area contributed by atoms with Gasteiger partial charge in [0, 0.05) is 20.6 Å². The summed E-state index contributed by atoms with van der Waals surface area (Å²) in [5.74, 6) is 1.82. The maximum absolute atomic E-state index is 4.47. The highest BCUT2D eigenvalue weighted by Gasteiger charge is 2.09. The smallest absolute Gasteiger partial charge is 0.193 e. The molecule has 2 aromatic rings. The SMILES string of the molecule is CCCCNC(=NC)N(C)Cc1ncc(-c2ccccc2)[nH]1.I. The second-order valence-corrected chi connectivity index (χ2v) is 5.29. The first-order chi connectivity index (χ1) is 10.7. The molecule has 1 aromatic heterocycles. The molecule has 0 spiro atoms. The van der Waals surface area contributed by atoms with Crippen molar-refractivity contribution in [2.45, 2.75) is 26.3 Å². The van der Waals surface area contributed by atoms with Gasteiger partial charge in [-0.25, -0.2) is 4.98 Å².